The van der Waals surface area contributed by atoms with Gasteiger partial charge in [-0.15, -0.1) is 5.10 Å². The monoisotopic (exact) mass is 459 g/mol. The van der Waals surface area contributed by atoms with E-state index >= 15 is 0 Å². The molecule has 1 heterocycles. The van der Waals surface area contributed by atoms with Crippen LogP contribution in [0.1, 0.15) is 31.2 Å². The first-order valence-corrected chi connectivity index (χ1v) is 9.80. The van der Waals surface area contributed by atoms with E-state index in [2.05, 4.69) is 38.1 Å². The molecule has 1 saturated carbocycles. The molecule has 0 bridgehead atoms. The van der Waals surface area contributed by atoms with E-state index in [1.54, 1.807) is 13.3 Å². The van der Waals surface area contributed by atoms with Crippen molar-refractivity contribution in [3.8, 4) is 11.5 Å². The van der Waals surface area contributed by atoms with Crippen molar-refractivity contribution in [1.82, 2.24) is 5.32 Å². The first-order valence-electron chi connectivity index (χ1n) is 7.73. The number of hydrogen-bond acceptors (Lipinski definition) is 6. The van der Waals surface area contributed by atoms with Crippen LogP contribution >= 0.6 is 34.4 Å². The van der Waals surface area contributed by atoms with Gasteiger partial charge < -0.3 is 14.8 Å². The van der Waals surface area contributed by atoms with Gasteiger partial charge in [0.2, 0.25) is 5.91 Å². The van der Waals surface area contributed by atoms with Crippen LogP contribution in [0.15, 0.2) is 22.3 Å². The van der Waals surface area contributed by atoms with Gasteiger partial charge in [0.05, 0.1) is 28.8 Å². The largest absolute Gasteiger partial charge is 0.493 e. The maximum absolute atomic E-state index is 11.1. The molecule has 1 aromatic carbocycles. The van der Waals surface area contributed by atoms with E-state index in [1.807, 2.05) is 12.1 Å². The number of halogens is 1. The second-order valence-corrected chi connectivity index (χ2v) is 7.67. The molecule has 0 aromatic heterocycles. The molecule has 1 saturated heterocycles. The Kier molecular flexibility index (Phi) is 5.99. The molecule has 1 aliphatic heterocycles. The van der Waals surface area contributed by atoms with E-state index in [9.17, 15) is 4.79 Å². The molecule has 0 spiro atoms. The van der Waals surface area contributed by atoms with Gasteiger partial charge in [-0.3, -0.25) is 4.79 Å². The molecule has 1 amide bonds. The quantitative estimate of drug-likeness (QED) is 0.417. The van der Waals surface area contributed by atoms with E-state index in [4.69, 9.17) is 9.47 Å². The number of thioether (sulfide) groups is 1. The zero-order valence-corrected chi connectivity index (χ0v) is 16.2. The third kappa shape index (κ3) is 4.41. The topological polar surface area (TPSA) is 72.3 Å². The summed E-state index contributed by atoms with van der Waals surface area (Å²) in [4.78, 5) is 11.1. The summed E-state index contributed by atoms with van der Waals surface area (Å²) in [5, 5.41) is 11.2. The number of carbonyl (C=O) groups excluding carboxylic acids is 1. The predicted octanol–water partition coefficient (Wildman–Crippen LogP) is 3.17. The highest BCUT2D eigenvalue weighted by Gasteiger charge is 2.20. The number of amidine groups is 1. The van der Waals surface area contributed by atoms with Gasteiger partial charge in [0.1, 0.15) is 0 Å². The maximum atomic E-state index is 11.1. The number of nitrogens with zero attached hydrogens (tertiary/aromatic N) is 2. The smallest absolute Gasteiger partial charge is 0.236 e. The lowest BCUT2D eigenvalue weighted by atomic mass is 10.2. The van der Waals surface area contributed by atoms with Crippen molar-refractivity contribution in [1.29, 1.82) is 0 Å². The fourth-order valence-corrected chi connectivity index (χ4v) is 4.01. The van der Waals surface area contributed by atoms with Crippen molar-refractivity contribution in [2.45, 2.75) is 31.8 Å². The van der Waals surface area contributed by atoms with Crippen LogP contribution in [0.25, 0.3) is 0 Å². The molecular formula is C16H18IN3O3S. The van der Waals surface area contributed by atoms with Crippen molar-refractivity contribution < 1.29 is 14.3 Å². The van der Waals surface area contributed by atoms with Gasteiger partial charge in [-0.05, 0) is 66.0 Å². The van der Waals surface area contributed by atoms with Crippen molar-refractivity contribution in [3.63, 3.8) is 0 Å². The summed E-state index contributed by atoms with van der Waals surface area (Å²) in [5.74, 6) is 1.85. The number of ether oxygens (including phenoxy) is 2. The summed E-state index contributed by atoms with van der Waals surface area (Å²) < 4.78 is 12.6. The van der Waals surface area contributed by atoms with Crippen LogP contribution in [0.2, 0.25) is 0 Å². The second kappa shape index (κ2) is 8.19. The molecular weight excluding hydrogens is 441 g/mol. The van der Waals surface area contributed by atoms with E-state index < -0.39 is 0 Å². The molecule has 6 nitrogen and oxygen atoms in total. The molecule has 0 atom stereocenters. The van der Waals surface area contributed by atoms with E-state index in [0.29, 0.717) is 16.7 Å². The highest BCUT2D eigenvalue weighted by atomic mass is 127. The molecule has 3 rings (SSSR count). The van der Waals surface area contributed by atoms with Gasteiger partial charge in [0.15, 0.2) is 16.7 Å². The van der Waals surface area contributed by atoms with E-state index in [1.165, 1.54) is 24.6 Å². The molecule has 0 unspecified atom stereocenters. The van der Waals surface area contributed by atoms with Crippen LogP contribution < -0.4 is 14.8 Å². The fraction of sp³-hybridized carbons (Fsp3) is 0.438. The van der Waals surface area contributed by atoms with Gasteiger partial charge >= 0.3 is 0 Å². The number of nitrogens with one attached hydrogen (secondary N) is 1. The number of hydrogen-bond donors (Lipinski definition) is 1. The van der Waals surface area contributed by atoms with Gasteiger partial charge in [0, 0.05) is 0 Å². The number of benzene rings is 1. The first-order chi connectivity index (χ1) is 11.7. The Labute approximate surface area is 158 Å². The predicted molar refractivity (Wildman–Crippen MR) is 104 cm³/mol. The maximum Gasteiger partial charge on any atom is 0.236 e. The normalized spacial score (nSPS) is 20.1. The van der Waals surface area contributed by atoms with Crippen LogP contribution in [0.5, 0.6) is 11.5 Å². The Hall–Kier alpha value is -1.29. The van der Waals surface area contributed by atoms with E-state index in [0.717, 1.165) is 27.7 Å². The highest BCUT2D eigenvalue weighted by Crippen LogP contribution is 2.36. The van der Waals surface area contributed by atoms with Gasteiger partial charge in [-0.25, -0.2) is 0 Å². The minimum atomic E-state index is -0.0430. The standard InChI is InChI=1S/C16H18IN3O3S/c1-22-13-7-10(8-18-20-16-19-14(21)9-24-16)6-12(17)15(13)23-11-4-2-3-5-11/h6-8,11H,2-5,9H2,1H3,(H,19,20,21). The second-order valence-electron chi connectivity index (χ2n) is 5.55. The molecule has 2 fully saturated rings. The molecule has 128 valence electrons. The van der Waals surface area contributed by atoms with Gasteiger partial charge in [-0.1, -0.05) is 11.8 Å². The number of methoxy groups -OCH3 is 1. The zero-order chi connectivity index (χ0) is 16.9. The third-order valence-electron chi connectivity index (χ3n) is 3.78. The van der Waals surface area contributed by atoms with Crippen LogP contribution in [0.4, 0.5) is 0 Å². The Morgan fingerprint density at radius 1 is 1.38 bits per heavy atom. The lowest BCUT2D eigenvalue weighted by Gasteiger charge is -2.17. The Morgan fingerprint density at radius 3 is 2.83 bits per heavy atom. The lowest BCUT2D eigenvalue weighted by Crippen LogP contribution is -2.19. The Balaban J connectivity index is 1.74. The summed E-state index contributed by atoms with van der Waals surface area (Å²) in [5.41, 5.74) is 0.869. The van der Waals surface area contributed by atoms with Crippen molar-refractivity contribution in [3.05, 3.63) is 21.3 Å². The van der Waals surface area contributed by atoms with Crippen molar-refractivity contribution >= 4 is 51.6 Å². The van der Waals surface area contributed by atoms with Gasteiger partial charge in [-0.2, -0.15) is 5.10 Å². The average molecular weight is 459 g/mol. The summed E-state index contributed by atoms with van der Waals surface area (Å²) in [6, 6.07) is 3.87. The highest BCUT2D eigenvalue weighted by molar-refractivity contribution is 14.1. The number of carbonyl (C=O) groups is 1. The summed E-state index contributed by atoms with van der Waals surface area (Å²) in [6.45, 7) is 0. The lowest BCUT2D eigenvalue weighted by molar-refractivity contribution is -0.116. The first kappa shape index (κ1) is 17.5. The zero-order valence-electron chi connectivity index (χ0n) is 13.3. The Morgan fingerprint density at radius 2 is 2.17 bits per heavy atom. The molecule has 2 aliphatic rings. The molecule has 1 aromatic rings. The minimum absolute atomic E-state index is 0.0430. The number of rotatable bonds is 5. The van der Waals surface area contributed by atoms with E-state index in [-0.39, 0.29) is 12.0 Å². The minimum Gasteiger partial charge on any atom is -0.493 e. The molecule has 0 radical (unpaired) electrons. The fourth-order valence-electron chi connectivity index (χ4n) is 2.63. The number of amides is 1. The van der Waals surface area contributed by atoms with Crippen molar-refractivity contribution in [2.75, 3.05) is 12.9 Å². The molecule has 24 heavy (non-hydrogen) atoms. The summed E-state index contributed by atoms with van der Waals surface area (Å²) in [7, 11) is 1.64. The summed E-state index contributed by atoms with van der Waals surface area (Å²) in [6.07, 6.45) is 6.57. The van der Waals surface area contributed by atoms with Crippen molar-refractivity contribution in [2.24, 2.45) is 10.2 Å². The summed E-state index contributed by atoms with van der Waals surface area (Å²) >= 11 is 3.60. The van der Waals surface area contributed by atoms with Crippen LogP contribution in [0, 0.1) is 3.57 Å². The molecule has 8 heteroatoms. The SMILES string of the molecule is COc1cc(C=NN=C2NC(=O)CS2)cc(I)c1OC1CCCC1. The average Bonchev–Trinajstić information content (AvgIpc) is 3.21. The van der Waals surface area contributed by atoms with Crippen LogP contribution in [-0.2, 0) is 4.79 Å². The van der Waals surface area contributed by atoms with Crippen LogP contribution in [0.3, 0.4) is 0 Å². The third-order valence-corrected chi connectivity index (χ3v) is 5.45. The van der Waals surface area contributed by atoms with Crippen LogP contribution in [-0.4, -0.2) is 36.3 Å². The molecule has 1 N–H and O–H groups in total. The Bertz CT molecular complexity index is 687. The molecule has 1 aliphatic carbocycles. The van der Waals surface area contributed by atoms with Gasteiger partial charge in [0.25, 0.3) is 0 Å².